The van der Waals surface area contributed by atoms with Gasteiger partial charge >= 0.3 is 0 Å². The molecule has 6 aromatic carbocycles. The molecule has 0 aromatic heterocycles. The molecule has 43 heavy (non-hydrogen) atoms. The molecular formula is C40H40BNO. The van der Waals surface area contributed by atoms with E-state index < -0.39 is 6.15 Å². The lowest BCUT2D eigenvalue weighted by molar-refractivity contribution is 0.260. The van der Waals surface area contributed by atoms with Crippen molar-refractivity contribution < 1.29 is 4.74 Å². The second kappa shape index (κ2) is 14.4. The van der Waals surface area contributed by atoms with E-state index in [1.807, 2.05) is 36.4 Å². The first kappa shape index (κ1) is 29.6. The van der Waals surface area contributed by atoms with Crippen molar-refractivity contribution >= 4 is 33.7 Å². The molecule has 0 heterocycles. The van der Waals surface area contributed by atoms with Gasteiger partial charge < -0.3 is 4.74 Å². The Morgan fingerprint density at radius 1 is 0.419 bits per heavy atom. The fourth-order valence-electron chi connectivity index (χ4n) is 5.99. The number of quaternary nitrogens is 1. The molecule has 6 aromatic rings. The van der Waals surface area contributed by atoms with Gasteiger partial charge in [-0.15, -0.1) is 0 Å². The molecule has 0 aliphatic carbocycles. The first-order valence-electron chi connectivity index (χ1n) is 15.0. The predicted octanol–water partition coefficient (Wildman–Crippen LogP) is 6.40. The van der Waals surface area contributed by atoms with Crippen LogP contribution in [0.25, 0.3) is 0 Å². The van der Waals surface area contributed by atoms with E-state index in [1.165, 1.54) is 27.5 Å². The van der Waals surface area contributed by atoms with Crippen molar-refractivity contribution in [3.63, 3.8) is 0 Å². The van der Waals surface area contributed by atoms with Gasteiger partial charge in [0.05, 0.1) is 14.1 Å². The van der Waals surface area contributed by atoms with Crippen LogP contribution in [0.4, 0.5) is 5.69 Å². The van der Waals surface area contributed by atoms with Crippen LogP contribution in [0.15, 0.2) is 182 Å². The van der Waals surface area contributed by atoms with Gasteiger partial charge in [-0.2, -0.15) is 21.9 Å². The molecule has 0 amide bonds. The standard InChI is InChI=1S/C24H20B.C16H20NO/c1-5-13-21(14-6-1)25(22-15-7-2-8-16-22,23-17-9-3-10-18-23)24-19-11-4-12-20-24;1-17(2,15-9-5-3-6-10-15)13-14-18-16-11-7-4-8-12-16/h1-20H;3-12H,13-14H2,1-2H3/q-1;+1. The van der Waals surface area contributed by atoms with Gasteiger partial charge in [0.1, 0.15) is 30.7 Å². The Morgan fingerprint density at radius 3 is 1.07 bits per heavy atom. The van der Waals surface area contributed by atoms with Crippen molar-refractivity contribution in [2.45, 2.75) is 0 Å². The first-order valence-corrected chi connectivity index (χ1v) is 15.0. The highest BCUT2D eigenvalue weighted by molar-refractivity contribution is 7.19. The van der Waals surface area contributed by atoms with E-state index in [-0.39, 0.29) is 0 Å². The average Bonchev–Trinajstić information content (AvgIpc) is 3.08. The summed E-state index contributed by atoms with van der Waals surface area (Å²) in [7, 11) is 4.40. The normalized spacial score (nSPS) is 11.2. The summed E-state index contributed by atoms with van der Waals surface area (Å²) >= 11 is 0. The second-order valence-electron chi connectivity index (χ2n) is 11.4. The zero-order chi connectivity index (χ0) is 29.8. The van der Waals surface area contributed by atoms with E-state index in [1.54, 1.807) is 0 Å². The third-order valence-electron chi connectivity index (χ3n) is 8.32. The van der Waals surface area contributed by atoms with Crippen LogP contribution in [0.3, 0.4) is 0 Å². The molecule has 0 aliphatic rings. The number of nitrogens with zero attached hydrogens (tertiary/aromatic N) is 1. The molecule has 0 atom stereocenters. The van der Waals surface area contributed by atoms with E-state index in [0.29, 0.717) is 6.61 Å². The smallest absolute Gasteiger partial charge is 0.137 e. The molecular weight excluding hydrogens is 521 g/mol. The Kier molecular flexibility index (Phi) is 9.89. The number of benzene rings is 6. The van der Waals surface area contributed by atoms with Crippen molar-refractivity contribution in [3.05, 3.63) is 182 Å². The number of hydrogen-bond acceptors (Lipinski definition) is 1. The Balaban J connectivity index is 0.000000181. The summed E-state index contributed by atoms with van der Waals surface area (Å²) in [6.07, 6.45) is -1.22. The minimum Gasteiger partial charge on any atom is -0.488 e. The summed E-state index contributed by atoms with van der Waals surface area (Å²) in [5, 5.41) is 0. The summed E-state index contributed by atoms with van der Waals surface area (Å²) in [6, 6.07) is 64.0. The summed E-state index contributed by atoms with van der Waals surface area (Å²) in [5.74, 6) is 0.936. The minimum atomic E-state index is -1.22. The first-order chi connectivity index (χ1) is 21.1. The largest absolute Gasteiger partial charge is 0.488 e. The summed E-state index contributed by atoms with van der Waals surface area (Å²) in [5.41, 5.74) is 6.66. The monoisotopic (exact) mass is 561 g/mol. The van der Waals surface area contributed by atoms with Crippen LogP contribution in [0.2, 0.25) is 0 Å². The highest BCUT2D eigenvalue weighted by Gasteiger charge is 2.31. The van der Waals surface area contributed by atoms with Crippen LogP contribution in [0.5, 0.6) is 5.75 Å². The molecule has 0 aliphatic heterocycles. The van der Waals surface area contributed by atoms with Gasteiger partial charge in [0.25, 0.3) is 0 Å². The van der Waals surface area contributed by atoms with Crippen molar-refractivity contribution in [1.82, 2.24) is 4.48 Å². The van der Waals surface area contributed by atoms with E-state index in [0.717, 1.165) is 16.8 Å². The lowest BCUT2D eigenvalue weighted by atomic mass is 9.13. The van der Waals surface area contributed by atoms with Crippen LogP contribution >= 0.6 is 0 Å². The number of para-hydroxylation sites is 2. The molecule has 0 N–H and O–H groups in total. The van der Waals surface area contributed by atoms with E-state index in [9.17, 15) is 0 Å². The summed E-state index contributed by atoms with van der Waals surface area (Å²) < 4.78 is 6.57. The average molecular weight is 562 g/mol. The lowest BCUT2D eigenvalue weighted by Crippen LogP contribution is -2.74. The third-order valence-corrected chi connectivity index (χ3v) is 8.32. The Hall–Kier alpha value is -4.86. The molecule has 214 valence electrons. The number of hydrogen-bond donors (Lipinski definition) is 0. The van der Waals surface area contributed by atoms with Gasteiger partial charge in [-0.1, -0.05) is 158 Å². The van der Waals surface area contributed by atoms with E-state index >= 15 is 0 Å². The van der Waals surface area contributed by atoms with Gasteiger partial charge in [-0.3, -0.25) is 4.48 Å². The maximum Gasteiger partial charge on any atom is 0.137 e. The Labute approximate surface area is 257 Å². The van der Waals surface area contributed by atoms with Crippen molar-refractivity contribution in [1.29, 1.82) is 0 Å². The maximum absolute atomic E-state index is 5.75. The van der Waals surface area contributed by atoms with Crippen molar-refractivity contribution in [2.24, 2.45) is 0 Å². The molecule has 0 fully saturated rings. The van der Waals surface area contributed by atoms with Gasteiger partial charge in [0.2, 0.25) is 0 Å². The Bertz CT molecular complexity index is 1460. The van der Waals surface area contributed by atoms with Crippen LogP contribution in [-0.4, -0.2) is 33.4 Å². The van der Waals surface area contributed by atoms with Crippen LogP contribution in [0, 0.1) is 0 Å². The zero-order valence-corrected chi connectivity index (χ0v) is 25.2. The molecule has 0 saturated heterocycles. The quantitative estimate of drug-likeness (QED) is 0.147. The van der Waals surface area contributed by atoms with Crippen LogP contribution in [-0.2, 0) is 0 Å². The zero-order valence-electron chi connectivity index (χ0n) is 25.2. The fourth-order valence-corrected chi connectivity index (χ4v) is 5.99. The minimum absolute atomic E-state index is 0.714. The highest BCUT2D eigenvalue weighted by Crippen LogP contribution is 2.18. The van der Waals surface area contributed by atoms with Crippen LogP contribution in [0.1, 0.15) is 0 Å². The summed E-state index contributed by atoms with van der Waals surface area (Å²) in [6.45, 7) is 1.66. The molecule has 6 rings (SSSR count). The molecule has 0 spiro atoms. The number of ether oxygens (including phenoxy) is 1. The molecule has 3 heteroatoms. The molecule has 0 bridgehead atoms. The number of likely N-dealkylation sites (N-methyl/N-ethyl adjacent to an activating group) is 1. The Morgan fingerprint density at radius 2 is 0.721 bits per heavy atom. The van der Waals surface area contributed by atoms with E-state index in [2.05, 4.69) is 160 Å². The fraction of sp³-hybridized carbons (Fsp3) is 0.100. The van der Waals surface area contributed by atoms with Crippen molar-refractivity contribution in [2.75, 3.05) is 27.2 Å². The predicted molar refractivity (Wildman–Crippen MR) is 187 cm³/mol. The SMILES string of the molecule is C[N+](C)(CCOc1ccccc1)c1ccccc1.c1ccc([B-](c2ccccc2)(c2ccccc2)c2ccccc2)cc1. The molecule has 0 unspecified atom stereocenters. The van der Waals surface area contributed by atoms with Gasteiger partial charge in [-0.05, 0) is 24.3 Å². The van der Waals surface area contributed by atoms with Gasteiger partial charge in [0, 0.05) is 0 Å². The van der Waals surface area contributed by atoms with Crippen LogP contribution < -0.4 is 31.1 Å². The van der Waals surface area contributed by atoms with E-state index in [4.69, 9.17) is 4.74 Å². The number of rotatable bonds is 9. The third kappa shape index (κ3) is 7.14. The highest BCUT2D eigenvalue weighted by atomic mass is 16.5. The second-order valence-corrected chi connectivity index (χ2v) is 11.4. The molecule has 2 nitrogen and oxygen atoms in total. The van der Waals surface area contributed by atoms with Gasteiger partial charge in [-0.25, -0.2) is 0 Å². The lowest BCUT2D eigenvalue weighted by Gasteiger charge is -2.44. The maximum atomic E-state index is 5.75. The van der Waals surface area contributed by atoms with Gasteiger partial charge in [0.15, 0.2) is 0 Å². The van der Waals surface area contributed by atoms with Crippen molar-refractivity contribution in [3.8, 4) is 5.75 Å². The summed E-state index contributed by atoms with van der Waals surface area (Å²) in [4.78, 5) is 0. The molecule has 0 saturated carbocycles. The topological polar surface area (TPSA) is 9.23 Å². The molecule has 0 radical (unpaired) electrons.